The number of methoxy groups -OCH3 is 1. The van der Waals surface area contributed by atoms with Crippen LogP contribution in [0.3, 0.4) is 0 Å². The first-order chi connectivity index (χ1) is 14.2. The zero-order chi connectivity index (χ0) is 20.5. The lowest BCUT2D eigenvalue weighted by Crippen LogP contribution is -2.41. The summed E-state index contributed by atoms with van der Waals surface area (Å²) in [6.45, 7) is 4.43. The highest BCUT2D eigenvalue weighted by molar-refractivity contribution is 5.77. The van der Waals surface area contributed by atoms with E-state index in [9.17, 15) is 4.79 Å². The maximum Gasteiger partial charge on any atom is 0.258 e. The van der Waals surface area contributed by atoms with Gasteiger partial charge in [-0.3, -0.25) is 9.69 Å². The Morgan fingerprint density at radius 2 is 2.07 bits per heavy atom. The number of rotatable bonds is 9. The summed E-state index contributed by atoms with van der Waals surface area (Å²) in [5.41, 5.74) is 1.02. The molecule has 0 bridgehead atoms. The Balaban J connectivity index is 1.55. The summed E-state index contributed by atoms with van der Waals surface area (Å²) in [5.74, 6) is 1.87. The van der Waals surface area contributed by atoms with Crippen molar-refractivity contribution in [3.8, 4) is 11.5 Å². The first kappa shape index (κ1) is 21.0. The fourth-order valence-electron chi connectivity index (χ4n) is 3.62. The lowest BCUT2D eigenvalue weighted by atomic mass is 10.1. The monoisotopic (exact) mass is 398 g/mol. The smallest absolute Gasteiger partial charge is 0.258 e. The van der Waals surface area contributed by atoms with Crippen molar-refractivity contribution in [1.82, 2.24) is 10.2 Å². The predicted octanol–water partition coefficient (Wildman–Crippen LogP) is 4.04. The van der Waals surface area contributed by atoms with Gasteiger partial charge in [-0.1, -0.05) is 24.6 Å². The first-order valence-corrected chi connectivity index (χ1v) is 10.2. The van der Waals surface area contributed by atoms with Crippen LogP contribution < -0.4 is 14.8 Å². The van der Waals surface area contributed by atoms with Gasteiger partial charge < -0.3 is 19.2 Å². The molecule has 3 rings (SSSR count). The molecule has 1 saturated heterocycles. The van der Waals surface area contributed by atoms with E-state index < -0.39 is 0 Å². The Morgan fingerprint density at radius 3 is 2.76 bits per heavy atom. The number of nitrogens with zero attached hydrogens (tertiary/aromatic N) is 1. The van der Waals surface area contributed by atoms with Crippen molar-refractivity contribution in [2.24, 2.45) is 0 Å². The topological polar surface area (TPSA) is 63.9 Å². The SMILES string of the molecule is C/C=C/c1ccc(OCC(=O)NCC(c2ccco2)N2CCCCC2)c(OC)c1. The number of carbonyl (C=O) groups excluding carboxylic acids is 1. The van der Waals surface area contributed by atoms with Crippen LogP contribution >= 0.6 is 0 Å². The highest BCUT2D eigenvalue weighted by Crippen LogP contribution is 2.28. The molecule has 1 aliphatic heterocycles. The van der Waals surface area contributed by atoms with Crippen LogP contribution in [-0.2, 0) is 4.79 Å². The number of nitrogens with one attached hydrogen (secondary N) is 1. The summed E-state index contributed by atoms with van der Waals surface area (Å²) in [4.78, 5) is 14.8. The first-order valence-electron chi connectivity index (χ1n) is 10.2. The van der Waals surface area contributed by atoms with E-state index in [1.54, 1.807) is 13.4 Å². The van der Waals surface area contributed by atoms with Crippen molar-refractivity contribution < 1.29 is 18.7 Å². The number of ether oxygens (including phenoxy) is 2. The molecule has 1 unspecified atom stereocenters. The number of piperidine rings is 1. The molecule has 156 valence electrons. The third kappa shape index (κ3) is 5.87. The molecule has 1 amide bonds. The number of benzene rings is 1. The van der Waals surface area contributed by atoms with Gasteiger partial charge in [-0.25, -0.2) is 0 Å². The van der Waals surface area contributed by atoms with E-state index in [2.05, 4.69) is 10.2 Å². The molecular formula is C23H30N2O4. The van der Waals surface area contributed by atoms with E-state index in [1.165, 1.54) is 19.3 Å². The highest BCUT2D eigenvalue weighted by atomic mass is 16.5. The van der Waals surface area contributed by atoms with E-state index in [-0.39, 0.29) is 18.6 Å². The standard InChI is InChI=1S/C23H30N2O4/c1-3-8-18-10-11-21(22(15-18)27-2)29-17-23(26)24-16-19(20-9-7-14-28-20)25-12-5-4-6-13-25/h3,7-11,14-15,19H,4-6,12-13,16-17H2,1-2H3,(H,24,26)/b8-3+. The minimum atomic E-state index is -0.168. The van der Waals surface area contributed by atoms with E-state index in [1.807, 2.05) is 49.4 Å². The molecule has 2 heterocycles. The molecule has 0 saturated carbocycles. The van der Waals surface area contributed by atoms with Crippen LogP contribution in [0.5, 0.6) is 11.5 Å². The molecule has 1 atom stereocenters. The van der Waals surface area contributed by atoms with Crippen LogP contribution in [0.4, 0.5) is 0 Å². The minimum absolute atomic E-state index is 0.0453. The Kier molecular flexibility index (Phi) is 7.76. The van der Waals surface area contributed by atoms with Gasteiger partial charge in [-0.2, -0.15) is 0 Å². The molecule has 1 aromatic carbocycles. The molecule has 2 aromatic rings. The fourth-order valence-corrected chi connectivity index (χ4v) is 3.62. The Bertz CT molecular complexity index is 795. The second-order valence-corrected chi connectivity index (χ2v) is 7.13. The van der Waals surface area contributed by atoms with Gasteiger partial charge in [0.05, 0.1) is 19.4 Å². The summed E-state index contributed by atoms with van der Waals surface area (Å²) < 4.78 is 16.7. The van der Waals surface area contributed by atoms with Gasteiger partial charge in [-0.15, -0.1) is 0 Å². The van der Waals surface area contributed by atoms with Crippen LogP contribution in [0.15, 0.2) is 47.1 Å². The van der Waals surface area contributed by atoms with Crippen LogP contribution in [0.2, 0.25) is 0 Å². The summed E-state index contributed by atoms with van der Waals surface area (Å²) in [6.07, 6.45) is 9.24. The summed E-state index contributed by atoms with van der Waals surface area (Å²) >= 11 is 0. The lowest BCUT2D eigenvalue weighted by molar-refractivity contribution is -0.123. The average Bonchev–Trinajstić information content (AvgIpc) is 3.28. The second kappa shape index (κ2) is 10.7. The van der Waals surface area contributed by atoms with E-state index in [0.29, 0.717) is 18.0 Å². The molecule has 0 radical (unpaired) electrons. The van der Waals surface area contributed by atoms with Crippen molar-refractivity contribution in [1.29, 1.82) is 0 Å². The average molecular weight is 399 g/mol. The molecule has 1 fully saturated rings. The van der Waals surface area contributed by atoms with Gasteiger partial charge in [0, 0.05) is 6.54 Å². The largest absolute Gasteiger partial charge is 0.493 e. The third-order valence-corrected chi connectivity index (χ3v) is 5.10. The summed E-state index contributed by atoms with van der Waals surface area (Å²) in [7, 11) is 1.59. The zero-order valence-electron chi connectivity index (χ0n) is 17.2. The molecule has 29 heavy (non-hydrogen) atoms. The molecule has 6 nitrogen and oxygen atoms in total. The number of likely N-dealkylation sites (tertiary alicyclic amines) is 1. The fraction of sp³-hybridized carbons (Fsp3) is 0.435. The molecular weight excluding hydrogens is 368 g/mol. The number of carbonyl (C=O) groups is 1. The van der Waals surface area contributed by atoms with Crippen LogP contribution in [0.25, 0.3) is 6.08 Å². The van der Waals surface area contributed by atoms with E-state index in [4.69, 9.17) is 13.9 Å². The maximum absolute atomic E-state index is 12.4. The molecule has 1 aromatic heterocycles. The van der Waals surface area contributed by atoms with Crippen molar-refractivity contribution in [3.05, 3.63) is 54.0 Å². The molecule has 0 aliphatic carbocycles. The maximum atomic E-state index is 12.4. The van der Waals surface area contributed by atoms with Crippen LogP contribution in [0.1, 0.15) is 43.6 Å². The summed E-state index contributed by atoms with van der Waals surface area (Å²) in [5, 5.41) is 2.99. The lowest BCUT2D eigenvalue weighted by Gasteiger charge is -2.33. The number of hydrogen-bond donors (Lipinski definition) is 1. The predicted molar refractivity (Wildman–Crippen MR) is 113 cm³/mol. The highest BCUT2D eigenvalue weighted by Gasteiger charge is 2.25. The van der Waals surface area contributed by atoms with Crippen molar-refractivity contribution >= 4 is 12.0 Å². The van der Waals surface area contributed by atoms with Crippen molar-refractivity contribution in [3.63, 3.8) is 0 Å². The number of hydrogen-bond acceptors (Lipinski definition) is 5. The Morgan fingerprint density at radius 1 is 1.24 bits per heavy atom. The van der Waals surface area contributed by atoms with Gasteiger partial charge >= 0.3 is 0 Å². The molecule has 0 spiro atoms. The second-order valence-electron chi connectivity index (χ2n) is 7.13. The molecule has 1 N–H and O–H groups in total. The van der Waals surface area contributed by atoms with E-state index >= 15 is 0 Å². The van der Waals surface area contributed by atoms with Crippen molar-refractivity contribution in [2.45, 2.75) is 32.2 Å². The Hall–Kier alpha value is -2.73. The third-order valence-electron chi connectivity index (χ3n) is 5.10. The van der Waals surface area contributed by atoms with E-state index in [0.717, 1.165) is 24.4 Å². The minimum Gasteiger partial charge on any atom is -0.493 e. The quantitative estimate of drug-likeness (QED) is 0.691. The normalized spacial score (nSPS) is 15.9. The zero-order valence-corrected chi connectivity index (χ0v) is 17.2. The Labute approximate surface area is 172 Å². The number of allylic oxidation sites excluding steroid dienone is 1. The molecule has 6 heteroatoms. The molecule has 1 aliphatic rings. The number of furan rings is 1. The number of amides is 1. The van der Waals surface area contributed by atoms with Gasteiger partial charge in [0.25, 0.3) is 5.91 Å². The van der Waals surface area contributed by atoms with Gasteiger partial charge in [0.15, 0.2) is 18.1 Å². The van der Waals surface area contributed by atoms with Gasteiger partial charge in [-0.05, 0) is 62.7 Å². The summed E-state index contributed by atoms with van der Waals surface area (Å²) in [6, 6.07) is 9.54. The van der Waals surface area contributed by atoms with Gasteiger partial charge in [0.2, 0.25) is 0 Å². The van der Waals surface area contributed by atoms with Crippen LogP contribution in [-0.4, -0.2) is 44.2 Å². The van der Waals surface area contributed by atoms with Gasteiger partial charge in [0.1, 0.15) is 5.76 Å². The van der Waals surface area contributed by atoms with Crippen LogP contribution in [0, 0.1) is 0 Å². The van der Waals surface area contributed by atoms with Crippen molar-refractivity contribution in [2.75, 3.05) is 33.4 Å².